The Hall–Kier alpha value is -2.72. The summed E-state index contributed by atoms with van der Waals surface area (Å²) in [5.74, 6) is 1.75. The van der Waals surface area contributed by atoms with Crippen LogP contribution in [0.3, 0.4) is 0 Å². The first-order valence-corrected chi connectivity index (χ1v) is 8.61. The number of nitrogens with zero attached hydrogens (tertiary/aromatic N) is 3. The van der Waals surface area contributed by atoms with E-state index in [1.165, 1.54) is 16.7 Å². The Bertz CT molecular complexity index is 836. The SMILES string of the molecule is CN1CCC(c2ccccc2)c2ccc(Oc3cccnn3)cc2C1. The molecule has 0 bridgehead atoms. The van der Waals surface area contributed by atoms with Crippen molar-refractivity contribution in [1.29, 1.82) is 0 Å². The first kappa shape index (κ1) is 15.8. The van der Waals surface area contributed by atoms with E-state index >= 15 is 0 Å². The summed E-state index contributed by atoms with van der Waals surface area (Å²) in [5, 5.41) is 7.86. The Morgan fingerprint density at radius 3 is 2.72 bits per heavy atom. The predicted octanol–water partition coefficient (Wildman–Crippen LogP) is 4.24. The topological polar surface area (TPSA) is 38.2 Å². The predicted molar refractivity (Wildman–Crippen MR) is 97.8 cm³/mol. The maximum absolute atomic E-state index is 5.87. The van der Waals surface area contributed by atoms with Gasteiger partial charge in [0, 0.05) is 24.7 Å². The van der Waals surface area contributed by atoms with Gasteiger partial charge in [-0.3, -0.25) is 0 Å². The maximum Gasteiger partial charge on any atom is 0.238 e. The molecule has 25 heavy (non-hydrogen) atoms. The second-order valence-electron chi connectivity index (χ2n) is 6.51. The normalized spacial score (nSPS) is 17.6. The largest absolute Gasteiger partial charge is 0.438 e. The molecule has 4 heteroatoms. The highest BCUT2D eigenvalue weighted by atomic mass is 16.5. The van der Waals surface area contributed by atoms with E-state index < -0.39 is 0 Å². The van der Waals surface area contributed by atoms with Crippen molar-refractivity contribution in [3.63, 3.8) is 0 Å². The fourth-order valence-electron chi connectivity index (χ4n) is 3.49. The fraction of sp³-hybridized carbons (Fsp3) is 0.238. The molecule has 1 atom stereocenters. The molecule has 0 radical (unpaired) electrons. The number of benzene rings is 2. The summed E-state index contributed by atoms with van der Waals surface area (Å²) in [6.07, 6.45) is 2.77. The van der Waals surface area contributed by atoms with Crippen LogP contribution in [0, 0.1) is 0 Å². The zero-order valence-corrected chi connectivity index (χ0v) is 14.3. The van der Waals surface area contributed by atoms with Crippen molar-refractivity contribution in [3.8, 4) is 11.6 Å². The molecular weight excluding hydrogens is 310 g/mol. The highest BCUT2D eigenvalue weighted by Gasteiger charge is 2.22. The summed E-state index contributed by atoms with van der Waals surface area (Å²) < 4.78 is 5.87. The van der Waals surface area contributed by atoms with E-state index in [1.54, 1.807) is 6.20 Å². The van der Waals surface area contributed by atoms with Crippen LogP contribution in [0.4, 0.5) is 0 Å². The highest BCUT2D eigenvalue weighted by Crippen LogP contribution is 2.35. The van der Waals surface area contributed by atoms with Crippen molar-refractivity contribution in [2.24, 2.45) is 0 Å². The van der Waals surface area contributed by atoms with Gasteiger partial charge in [0.15, 0.2) is 0 Å². The zero-order valence-electron chi connectivity index (χ0n) is 14.3. The summed E-state index contributed by atoms with van der Waals surface area (Å²) in [7, 11) is 2.17. The Labute approximate surface area is 148 Å². The van der Waals surface area contributed by atoms with Crippen LogP contribution < -0.4 is 4.74 Å². The Balaban J connectivity index is 1.69. The summed E-state index contributed by atoms with van der Waals surface area (Å²) in [5.41, 5.74) is 4.08. The molecule has 1 aliphatic heterocycles. The second kappa shape index (κ2) is 7.03. The average Bonchev–Trinajstić information content (AvgIpc) is 2.81. The third-order valence-electron chi connectivity index (χ3n) is 4.70. The number of ether oxygens (including phenoxy) is 1. The Morgan fingerprint density at radius 1 is 1.04 bits per heavy atom. The van der Waals surface area contributed by atoms with Crippen LogP contribution in [0.1, 0.15) is 29.0 Å². The van der Waals surface area contributed by atoms with Gasteiger partial charge in [0.1, 0.15) is 5.75 Å². The van der Waals surface area contributed by atoms with Crippen molar-refractivity contribution >= 4 is 0 Å². The molecule has 0 saturated carbocycles. The van der Waals surface area contributed by atoms with Crippen molar-refractivity contribution in [1.82, 2.24) is 15.1 Å². The zero-order chi connectivity index (χ0) is 17.1. The molecular formula is C21H21N3O. The van der Waals surface area contributed by atoms with Crippen molar-refractivity contribution in [2.45, 2.75) is 18.9 Å². The molecule has 0 N–H and O–H groups in total. The van der Waals surface area contributed by atoms with Gasteiger partial charge in [-0.2, -0.15) is 5.10 Å². The molecule has 4 nitrogen and oxygen atoms in total. The van der Waals surface area contributed by atoms with Gasteiger partial charge >= 0.3 is 0 Å². The summed E-state index contributed by atoms with van der Waals surface area (Å²) in [6.45, 7) is 2.00. The summed E-state index contributed by atoms with van der Waals surface area (Å²) >= 11 is 0. The molecule has 2 heterocycles. The first-order valence-electron chi connectivity index (χ1n) is 8.61. The number of rotatable bonds is 3. The lowest BCUT2D eigenvalue weighted by atomic mass is 9.86. The minimum Gasteiger partial charge on any atom is -0.438 e. The summed E-state index contributed by atoms with van der Waals surface area (Å²) in [6, 6.07) is 20.8. The van der Waals surface area contributed by atoms with Gasteiger partial charge in [-0.1, -0.05) is 36.4 Å². The highest BCUT2D eigenvalue weighted by molar-refractivity contribution is 5.43. The van der Waals surface area contributed by atoms with E-state index in [9.17, 15) is 0 Å². The molecule has 0 aliphatic carbocycles. The van der Waals surface area contributed by atoms with Gasteiger partial charge in [0.2, 0.25) is 5.88 Å². The monoisotopic (exact) mass is 331 g/mol. The fourth-order valence-corrected chi connectivity index (χ4v) is 3.49. The minimum absolute atomic E-state index is 0.423. The van der Waals surface area contributed by atoms with E-state index in [2.05, 4.69) is 64.6 Å². The van der Waals surface area contributed by atoms with E-state index in [1.807, 2.05) is 18.2 Å². The number of fused-ring (bicyclic) bond motifs is 1. The third kappa shape index (κ3) is 3.54. The van der Waals surface area contributed by atoms with Crippen LogP contribution in [0.15, 0.2) is 66.9 Å². The first-order chi connectivity index (χ1) is 12.3. The van der Waals surface area contributed by atoms with Gasteiger partial charge in [-0.15, -0.1) is 5.10 Å². The van der Waals surface area contributed by atoms with Crippen LogP contribution in [0.2, 0.25) is 0 Å². The van der Waals surface area contributed by atoms with Crippen LogP contribution in [-0.2, 0) is 6.54 Å². The van der Waals surface area contributed by atoms with Crippen molar-refractivity contribution in [3.05, 3.63) is 83.6 Å². The van der Waals surface area contributed by atoms with Gasteiger partial charge < -0.3 is 9.64 Å². The molecule has 1 aliphatic rings. The van der Waals surface area contributed by atoms with Crippen molar-refractivity contribution < 1.29 is 4.74 Å². The maximum atomic E-state index is 5.87. The molecule has 0 spiro atoms. The van der Waals surface area contributed by atoms with E-state index in [0.29, 0.717) is 11.8 Å². The average molecular weight is 331 g/mol. The third-order valence-corrected chi connectivity index (χ3v) is 4.70. The molecule has 0 amide bonds. The minimum atomic E-state index is 0.423. The second-order valence-corrected chi connectivity index (χ2v) is 6.51. The van der Waals surface area contributed by atoms with Crippen molar-refractivity contribution in [2.75, 3.05) is 13.6 Å². The van der Waals surface area contributed by atoms with Gasteiger partial charge in [0.05, 0.1) is 0 Å². The molecule has 4 rings (SSSR count). The number of aromatic nitrogens is 2. The standard InChI is InChI=1S/C21H21N3O/c1-24-13-11-20(16-6-3-2-4-7-16)19-10-9-18(14-17(19)15-24)25-21-8-5-12-22-23-21/h2-10,12,14,20H,11,13,15H2,1H3. The summed E-state index contributed by atoms with van der Waals surface area (Å²) in [4.78, 5) is 2.37. The van der Waals surface area contributed by atoms with Gasteiger partial charge in [-0.25, -0.2) is 0 Å². The molecule has 1 aromatic heterocycles. The Morgan fingerprint density at radius 2 is 1.92 bits per heavy atom. The van der Waals surface area contributed by atoms with Gasteiger partial charge in [-0.05, 0) is 54.9 Å². The number of hydrogen-bond donors (Lipinski definition) is 0. The molecule has 3 aromatic rings. The molecule has 0 saturated heterocycles. The quantitative estimate of drug-likeness (QED) is 0.720. The van der Waals surface area contributed by atoms with E-state index in [0.717, 1.165) is 25.3 Å². The van der Waals surface area contributed by atoms with Gasteiger partial charge in [0.25, 0.3) is 0 Å². The molecule has 2 aromatic carbocycles. The molecule has 126 valence electrons. The molecule has 1 unspecified atom stereocenters. The van der Waals surface area contributed by atoms with Crippen LogP contribution in [-0.4, -0.2) is 28.7 Å². The smallest absolute Gasteiger partial charge is 0.238 e. The van der Waals surface area contributed by atoms with E-state index in [4.69, 9.17) is 4.74 Å². The number of hydrogen-bond acceptors (Lipinski definition) is 4. The molecule has 0 fully saturated rings. The lowest BCUT2D eigenvalue weighted by Crippen LogP contribution is -2.17. The van der Waals surface area contributed by atoms with Crippen LogP contribution in [0.25, 0.3) is 0 Å². The van der Waals surface area contributed by atoms with Crippen LogP contribution >= 0.6 is 0 Å². The Kier molecular flexibility index (Phi) is 4.44. The van der Waals surface area contributed by atoms with Crippen LogP contribution in [0.5, 0.6) is 11.6 Å². The van der Waals surface area contributed by atoms with E-state index in [-0.39, 0.29) is 0 Å². The lowest BCUT2D eigenvalue weighted by molar-refractivity contribution is 0.328. The lowest BCUT2D eigenvalue weighted by Gasteiger charge is -2.18.